The van der Waals surface area contributed by atoms with Gasteiger partial charge in [-0.15, -0.1) is 0 Å². The Morgan fingerprint density at radius 2 is 2.44 bits per heavy atom. The van der Waals surface area contributed by atoms with Crippen LogP contribution < -0.4 is 0 Å². The summed E-state index contributed by atoms with van der Waals surface area (Å²) in [6, 6.07) is 1.85. The highest BCUT2D eigenvalue weighted by Gasteiger charge is 1.98. The van der Waals surface area contributed by atoms with E-state index in [1.165, 1.54) is 6.07 Å². The van der Waals surface area contributed by atoms with Crippen molar-refractivity contribution in [3.8, 4) is 0 Å². The standard InChI is InChI=1S/C5H5FO3/c6-5-2-1-4(9-5)3-8-7/h1-2,7H,3H2. The fourth-order valence-electron chi connectivity index (χ4n) is 0.493. The Morgan fingerprint density at radius 3 is 2.89 bits per heavy atom. The lowest BCUT2D eigenvalue weighted by atomic mass is 10.5. The number of rotatable bonds is 2. The van der Waals surface area contributed by atoms with Crippen molar-refractivity contribution in [1.29, 1.82) is 0 Å². The van der Waals surface area contributed by atoms with E-state index < -0.39 is 6.01 Å². The molecule has 0 spiro atoms. The summed E-state index contributed by atoms with van der Waals surface area (Å²) in [7, 11) is 0. The molecule has 0 aliphatic heterocycles. The molecule has 0 saturated carbocycles. The van der Waals surface area contributed by atoms with Gasteiger partial charge in [-0.2, -0.15) is 4.39 Å². The van der Waals surface area contributed by atoms with Crippen LogP contribution in [0.15, 0.2) is 16.5 Å². The molecule has 0 atom stereocenters. The molecule has 9 heavy (non-hydrogen) atoms. The Morgan fingerprint density at radius 1 is 1.67 bits per heavy atom. The maximum atomic E-state index is 11.9. The minimum absolute atomic E-state index is 0.121. The molecule has 0 radical (unpaired) electrons. The maximum Gasteiger partial charge on any atom is 0.278 e. The van der Waals surface area contributed by atoms with Crippen molar-refractivity contribution in [2.75, 3.05) is 0 Å². The van der Waals surface area contributed by atoms with Crippen LogP contribution in [0.3, 0.4) is 0 Å². The van der Waals surface area contributed by atoms with Crippen molar-refractivity contribution in [3.63, 3.8) is 0 Å². The molecular weight excluding hydrogens is 127 g/mol. The first kappa shape index (κ1) is 6.25. The van der Waals surface area contributed by atoms with Crippen LogP contribution in [0, 0.1) is 6.01 Å². The quantitative estimate of drug-likeness (QED) is 0.488. The Bertz CT molecular complexity index is 184. The maximum absolute atomic E-state index is 11.9. The molecule has 1 heterocycles. The normalized spacial score (nSPS) is 10.0. The highest BCUT2D eigenvalue weighted by molar-refractivity contribution is 4.97. The van der Waals surface area contributed by atoms with E-state index in [2.05, 4.69) is 9.30 Å². The zero-order chi connectivity index (χ0) is 6.69. The van der Waals surface area contributed by atoms with Gasteiger partial charge < -0.3 is 4.42 Å². The lowest BCUT2D eigenvalue weighted by Gasteiger charge is -1.87. The first-order valence-corrected chi connectivity index (χ1v) is 2.33. The van der Waals surface area contributed by atoms with Crippen LogP contribution in [0.2, 0.25) is 0 Å². The molecule has 50 valence electrons. The van der Waals surface area contributed by atoms with Crippen molar-refractivity contribution in [3.05, 3.63) is 23.9 Å². The largest absolute Gasteiger partial charge is 0.434 e. The van der Waals surface area contributed by atoms with Crippen LogP contribution >= 0.6 is 0 Å². The van der Waals surface area contributed by atoms with Crippen LogP contribution in [-0.4, -0.2) is 5.26 Å². The topological polar surface area (TPSA) is 42.6 Å². The Hall–Kier alpha value is -0.870. The Balaban J connectivity index is 2.61. The molecule has 0 fully saturated rings. The van der Waals surface area contributed by atoms with Crippen molar-refractivity contribution in [1.82, 2.24) is 0 Å². The number of hydrogen-bond acceptors (Lipinski definition) is 3. The minimum atomic E-state index is -0.679. The first-order chi connectivity index (χ1) is 4.33. The van der Waals surface area contributed by atoms with E-state index in [1.54, 1.807) is 0 Å². The average Bonchev–Trinajstić information content (AvgIpc) is 2.17. The van der Waals surface area contributed by atoms with Crippen molar-refractivity contribution >= 4 is 0 Å². The van der Waals surface area contributed by atoms with Gasteiger partial charge in [0.2, 0.25) is 0 Å². The van der Waals surface area contributed by atoms with E-state index in [4.69, 9.17) is 5.26 Å². The van der Waals surface area contributed by atoms with Crippen LogP contribution in [-0.2, 0) is 11.5 Å². The van der Waals surface area contributed by atoms with Crippen molar-refractivity contribution in [2.45, 2.75) is 6.61 Å². The first-order valence-electron chi connectivity index (χ1n) is 2.33. The van der Waals surface area contributed by atoms with E-state index in [1.807, 2.05) is 0 Å². The fourth-order valence-corrected chi connectivity index (χ4v) is 0.493. The lowest BCUT2D eigenvalue weighted by Crippen LogP contribution is -1.82. The highest BCUT2D eigenvalue weighted by atomic mass is 19.1. The predicted octanol–water partition coefficient (Wildman–Crippen LogP) is 1.41. The van der Waals surface area contributed by atoms with E-state index in [-0.39, 0.29) is 12.4 Å². The van der Waals surface area contributed by atoms with Crippen LogP contribution in [0.4, 0.5) is 4.39 Å². The van der Waals surface area contributed by atoms with Crippen LogP contribution in [0.25, 0.3) is 0 Å². The third-order valence-corrected chi connectivity index (χ3v) is 0.836. The summed E-state index contributed by atoms with van der Waals surface area (Å²) in [4.78, 5) is 3.68. The number of halogens is 1. The van der Waals surface area contributed by atoms with Gasteiger partial charge in [-0.25, -0.2) is 4.89 Å². The second-order valence-electron chi connectivity index (χ2n) is 1.48. The molecule has 1 aromatic rings. The molecule has 0 aromatic carbocycles. The van der Waals surface area contributed by atoms with Gasteiger partial charge in [0.05, 0.1) is 0 Å². The van der Waals surface area contributed by atoms with Gasteiger partial charge in [-0.3, -0.25) is 5.26 Å². The summed E-state index contributed by atoms with van der Waals surface area (Å²) in [5.41, 5.74) is 0. The molecule has 0 bridgehead atoms. The van der Waals surface area contributed by atoms with E-state index >= 15 is 0 Å². The molecule has 4 heteroatoms. The van der Waals surface area contributed by atoms with Crippen molar-refractivity contribution < 1.29 is 19.0 Å². The summed E-state index contributed by atoms with van der Waals surface area (Å²) >= 11 is 0. The minimum Gasteiger partial charge on any atom is -0.434 e. The summed E-state index contributed by atoms with van der Waals surface area (Å²) in [6.07, 6.45) is 0. The van der Waals surface area contributed by atoms with Gasteiger partial charge in [0, 0.05) is 6.07 Å². The predicted molar refractivity (Wildman–Crippen MR) is 26.1 cm³/mol. The second kappa shape index (κ2) is 2.61. The van der Waals surface area contributed by atoms with Crippen molar-refractivity contribution in [2.24, 2.45) is 0 Å². The molecule has 1 N–H and O–H groups in total. The van der Waals surface area contributed by atoms with E-state index in [9.17, 15) is 4.39 Å². The number of furan rings is 1. The summed E-state index contributed by atoms with van der Waals surface area (Å²) < 4.78 is 16.3. The molecule has 0 aliphatic carbocycles. The fraction of sp³-hybridized carbons (Fsp3) is 0.200. The zero-order valence-electron chi connectivity index (χ0n) is 4.50. The van der Waals surface area contributed by atoms with Gasteiger partial charge in [0.15, 0.2) is 0 Å². The van der Waals surface area contributed by atoms with Gasteiger partial charge in [-0.1, -0.05) is 0 Å². The molecule has 1 aromatic heterocycles. The third kappa shape index (κ3) is 1.51. The Kier molecular flexibility index (Phi) is 1.81. The monoisotopic (exact) mass is 132 g/mol. The average molecular weight is 132 g/mol. The summed E-state index contributed by atoms with van der Waals surface area (Å²) in [5.74, 6) is 0.259. The van der Waals surface area contributed by atoms with Crippen LogP contribution in [0.1, 0.15) is 5.76 Å². The highest BCUT2D eigenvalue weighted by Crippen LogP contribution is 2.05. The second-order valence-corrected chi connectivity index (χ2v) is 1.48. The van der Waals surface area contributed by atoms with E-state index in [0.717, 1.165) is 6.07 Å². The molecular formula is C5H5FO3. The number of hydrogen-bond donors (Lipinski definition) is 1. The summed E-state index contributed by atoms with van der Waals surface area (Å²) in [5, 5.41) is 7.85. The molecule has 0 unspecified atom stereocenters. The lowest BCUT2D eigenvalue weighted by molar-refractivity contribution is -0.256. The SMILES string of the molecule is OOCc1ccc(F)o1. The zero-order valence-corrected chi connectivity index (χ0v) is 4.50. The molecule has 0 saturated heterocycles. The van der Waals surface area contributed by atoms with E-state index in [0.29, 0.717) is 0 Å². The smallest absolute Gasteiger partial charge is 0.278 e. The molecule has 0 amide bonds. The third-order valence-electron chi connectivity index (χ3n) is 0.836. The Labute approximate surface area is 50.6 Å². The van der Waals surface area contributed by atoms with Gasteiger partial charge >= 0.3 is 0 Å². The van der Waals surface area contributed by atoms with Gasteiger partial charge in [0.25, 0.3) is 6.01 Å². The summed E-state index contributed by atoms with van der Waals surface area (Å²) in [6.45, 7) is -0.121. The molecule has 1 rings (SSSR count). The molecule has 0 aliphatic rings. The van der Waals surface area contributed by atoms with Gasteiger partial charge in [0.1, 0.15) is 12.4 Å². The van der Waals surface area contributed by atoms with Crippen LogP contribution in [0.5, 0.6) is 0 Å². The molecule has 3 nitrogen and oxygen atoms in total. The van der Waals surface area contributed by atoms with Gasteiger partial charge in [-0.05, 0) is 6.07 Å².